The molecule has 0 aliphatic rings. The summed E-state index contributed by atoms with van der Waals surface area (Å²) in [7, 11) is 1.93. The van der Waals surface area contributed by atoms with Crippen molar-refractivity contribution in [2.75, 3.05) is 7.05 Å². The molecule has 0 fully saturated rings. The second kappa shape index (κ2) is 6.41. The molecule has 0 saturated heterocycles. The van der Waals surface area contributed by atoms with E-state index in [1.54, 1.807) is 0 Å². The first-order valence-electron chi connectivity index (χ1n) is 6.54. The van der Waals surface area contributed by atoms with Gasteiger partial charge in [0.1, 0.15) is 18.1 Å². The number of hydrogen-bond donors (Lipinski definition) is 1. The third-order valence-electron chi connectivity index (χ3n) is 3.42. The van der Waals surface area contributed by atoms with Crippen molar-refractivity contribution in [2.24, 2.45) is 0 Å². The van der Waals surface area contributed by atoms with Gasteiger partial charge in [0.05, 0.1) is 11.3 Å². The summed E-state index contributed by atoms with van der Waals surface area (Å²) in [5, 5.41) is 7.17. The maximum Gasteiger partial charge on any atom is 0.140 e. The van der Waals surface area contributed by atoms with Crippen LogP contribution in [0.4, 0.5) is 0 Å². The summed E-state index contributed by atoms with van der Waals surface area (Å²) in [4.78, 5) is 0. The molecule has 2 aromatic rings. The molecule has 0 amide bonds. The number of halogens is 1. The molecular formula is C15H19BrN2O2. The van der Waals surface area contributed by atoms with Gasteiger partial charge in [0.2, 0.25) is 0 Å². The van der Waals surface area contributed by atoms with Crippen molar-refractivity contribution in [3.8, 4) is 5.75 Å². The fourth-order valence-electron chi connectivity index (χ4n) is 2.00. The summed E-state index contributed by atoms with van der Waals surface area (Å²) in [6.45, 7) is 6.39. The number of aryl methyl sites for hydroxylation is 2. The lowest BCUT2D eigenvalue weighted by Gasteiger charge is -2.17. The highest BCUT2D eigenvalue weighted by Gasteiger charge is 2.14. The van der Waals surface area contributed by atoms with E-state index in [2.05, 4.69) is 39.4 Å². The predicted molar refractivity (Wildman–Crippen MR) is 81.9 cm³/mol. The SMILES string of the molecule is CNC(C)c1cc(Br)ccc1OCc1c(C)noc1C. The molecule has 5 heteroatoms. The van der Waals surface area contributed by atoms with Gasteiger partial charge in [-0.1, -0.05) is 21.1 Å². The van der Waals surface area contributed by atoms with Crippen LogP contribution in [0.1, 0.15) is 35.5 Å². The van der Waals surface area contributed by atoms with Gasteiger partial charge in [-0.25, -0.2) is 0 Å². The molecule has 0 aliphatic carbocycles. The van der Waals surface area contributed by atoms with E-state index in [1.807, 2.05) is 33.0 Å². The fraction of sp³-hybridized carbons (Fsp3) is 0.400. The Hall–Kier alpha value is -1.33. The molecule has 1 N–H and O–H groups in total. The smallest absolute Gasteiger partial charge is 0.140 e. The first-order valence-corrected chi connectivity index (χ1v) is 7.33. The second-order valence-electron chi connectivity index (χ2n) is 4.78. The van der Waals surface area contributed by atoms with Crippen molar-refractivity contribution in [2.45, 2.75) is 33.4 Å². The van der Waals surface area contributed by atoms with Gasteiger partial charge >= 0.3 is 0 Å². The van der Waals surface area contributed by atoms with Crippen LogP contribution in [0, 0.1) is 13.8 Å². The Kier molecular flexibility index (Phi) is 4.83. The van der Waals surface area contributed by atoms with Crippen LogP contribution in [0.15, 0.2) is 27.2 Å². The van der Waals surface area contributed by atoms with Crippen molar-refractivity contribution in [1.82, 2.24) is 10.5 Å². The Bertz CT molecular complexity index is 576. The van der Waals surface area contributed by atoms with Crippen LogP contribution in [-0.4, -0.2) is 12.2 Å². The van der Waals surface area contributed by atoms with Crippen molar-refractivity contribution in [3.63, 3.8) is 0 Å². The Labute approximate surface area is 127 Å². The zero-order valence-electron chi connectivity index (χ0n) is 12.2. The van der Waals surface area contributed by atoms with E-state index in [1.165, 1.54) is 0 Å². The summed E-state index contributed by atoms with van der Waals surface area (Å²) in [5.41, 5.74) is 3.01. The minimum Gasteiger partial charge on any atom is -0.488 e. The van der Waals surface area contributed by atoms with E-state index in [4.69, 9.17) is 9.26 Å². The molecule has 108 valence electrons. The molecule has 1 aromatic carbocycles. The van der Waals surface area contributed by atoms with Crippen LogP contribution in [0.3, 0.4) is 0 Å². The number of benzene rings is 1. The molecule has 0 spiro atoms. The van der Waals surface area contributed by atoms with Gasteiger partial charge in [0, 0.05) is 16.1 Å². The molecule has 0 saturated carbocycles. The number of nitrogens with zero attached hydrogens (tertiary/aromatic N) is 1. The van der Waals surface area contributed by atoms with E-state index in [9.17, 15) is 0 Å². The van der Waals surface area contributed by atoms with Crippen LogP contribution in [0.25, 0.3) is 0 Å². The Morgan fingerprint density at radius 3 is 2.75 bits per heavy atom. The second-order valence-corrected chi connectivity index (χ2v) is 5.70. The van der Waals surface area contributed by atoms with Crippen LogP contribution in [-0.2, 0) is 6.61 Å². The van der Waals surface area contributed by atoms with Crippen LogP contribution in [0.5, 0.6) is 5.75 Å². The quantitative estimate of drug-likeness (QED) is 0.897. The Balaban J connectivity index is 2.21. The Morgan fingerprint density at radius 2 is 2.15 bits per heavy atom. The van der Waals surface area contributed by atoms with E-state index in [0.29, 0.717) is 6.61 Å². The molecular weight excluding hydrogens is 320 g/mol. The zero-order chi connectivity index (χ0) is 14.7. The van der Waals surface area contributed by atoms with E-state index < -0.39 is 0 Å². The molecule has 1 heterocycles. The van der Waals surface area contributed by atoms with Crippen molar-refractivity contribution < 1.29 is 9.26 Å². The zero-order valence-corrected chi connectivity index (χ0v) is 13.7. The highest BCUT2D eigenvalue weighted by molar-refractivity contribution is 9.10. The molecule has 1 atom stereocenters. The summed E-state index contributed by atoms with van der Waals surface area (Å²) < 4.78 is 12.2. The highest BCUT2D eigenvalue weighted by Crippen LogP contribution is 2.29. The number of hydrogen-bond acceptors (Lipinski definition) is 4. The predicted octanol–water partition coefficient (Wildman–Crippen LogP) is 3.91. The maximum atomic E-state index is 5.96. The molecule has 4 nitrogen and oxygen atoms in total. The molecule has 2 rings (SSSR count). The van der Waals surface area contributed by atoms with Crippen molar-refractivity contribution in [3.05, 3.63) is 45.3 Å². The Morgan fingerprint density at radius 1 is 1.40 bits per heavy atom. The molecule has 0 bridgehead atoms. The molecule has 0 aliphatic heterocycles. The minimum absolute atomic E-state index is 0.215. The largest absolute Gasteiger partial charge is 0.488 e. The lowest BCUT2D eigenvalue weighted by atomic mass is 10.1. The summed E-state index contributed by atoms with van der Waals surface area (Å²) in [6.07, 6.45) is 0. The average Bonchev–Trinajstić information content (AvgIpc) is 2.76. The fourth-order valence-corrected chi connectivity index (χ4v) is 2.38. The van der Waals surface area contributed by atoms with E-state index in [0.717, 1.165) is 32.8 Å². The normalized spacial score (nSPS) is 12.4. The summed E-state index contributed by atoms with van der Waals surface area (Å²) >= 11 is 3.50. The van der Waals surface area contributed by atoms with Crippen LogP contribution < -0.4 is 10.1 Å². The number of aromatic nitrogens is 1. The van der Waals surface area contributed by atoms with E-state index >= 15 is 0 Å². The standard InChI is InChI=1S/C15H19BrN2O2/c1-9(17-4)13-7-12(16)5-6-15(13)19-8-14-10(2)18-20-11(14)3/h5-7,9,17H,8H2,1-4H3. The first-order chi connectivity index (χ1) is 9.52. The summed E-state index contributed by atoms with van der Waals surface area (Å²) in [5.74, 6) is 1.68. The third-order valence-corrected chi connectivity index (χ3v) is 3.92. The third kappa shape index (κ3) is 3.22. The molecule has 0 radical (unpaired) electrons. The monoisotopic (exact) mass is 338 g/mol. The average molecular weight is 339 g/mol. The molecule has 1 unspecified atom stereocenters. The highest BCUT2D eigenvalue weighted by atomic mass is 79.9. The minimum atomic E-state index is 0.215. The first kappa shape index (κ1) is 15.1. The molecule has 20 heavy (non-hydrogen) atoms. The van der Waals surface area contributed by atoms with Gasteiger partial charge in [0.25, 0.3) is 0 Å². The topological polar surface area (TPSA) is 47.3 Å². The van der Waals surface area contributed by atoms with Gasteiger partial charge in [-0.15, -0.1) is 0 Å². The number of ether oxygens (including phenoxy) is 1. The van der Waals surface area contributed by atoms with Crippen LogP contribution >= 0.6 is 15.9 Å². The lowest BCUT2D eigenvalue weighted by molar-refractivity contribution is 0.296. The van der Waals surface area contributed by atoms with Crippen molar-refractivity contribution >= 4 is 15.9 Å². The van der Waals surface area contributed by atoms with Crippen LogP contribution in [0.2, 0.25) is 0 Å². The van der Waals surface area contributed by atoms with E-state index in [-0.39, 0.29) is 6.04 Å². The van der Waals surface area contributed by atoms with Gasteiger partial charge in [0.15, 0.2) is 0 Å². The summed E-state index contributed by atoms with van der Waals surface area (Å²) in [6, 6.07) is 6.25. The lowest BCUT2D eigenvalue weighted by Crippen LogP contribution is -2.14. The van der Waals surface area contributed by atoms with Gasteiger partial charge in [-0.2, -0.15) is 0 Å². The molecule has 1 aromatic heterocycles. The van der Waals surface area contributed by atoms with Gasteiger partial charge < -0.3 is 14.6 Å². The van der Waals surface area contributed by atoms with Gasteiger partial charge in [-0.05, 0) is 46.0 Å². The number of nitrogens with one attached hydrogen (secondary N) is 1. The van der Waals surface area contributed by atoms with Crippen molar-refractivity contribution in [1.29, 1.82) is 0 Å². The van der Waals surface area contributed by atoms with Gasteiger partial charge in [-0.3, -0.25) is 0 Å². The number of rotatable bonds is 5. The maximum absolute atomic E-state index is 5.96.